The summed E-state index contributed by atoms with van der Waals surface area (Å²) in [6.07, 6.45) is 2.57. The Balaban J connectivity index is 2.05. The van der Waals surface area contributed by atoms with Gasteiger partial charge in [0.1, 0.15) is 0 Å². The van der Waals surface area contributed by atoms with Crippen LogP contribution < -0.4 is 0 Å². The van der Waals surface area contributed by atoms with Crippen molar-refractivity contribution in [1.82, 2.24) is 0 Å². The van der Waals surface area contributed by atoms with Crippen molar-refractivity contribution in [2.75, 3.05) is 25.2 Å². The number of ether oxygens (including phenoxy) is 2. The SMILES string of the molecule is CC(CBr)COC1CCOCC1. The van der Waals surface area contributed by atoms with Gasteiger partial charge in [-0.25, -0.2) is 0 Å². The maximum Gasteiger partial charge on any atom is 0.0619 e. The van der Waals surface area contributed by atoms with Gasteiger partial charge in [0.2, 0.25) is 0 Å². The smallest absolute Gasteiger partial charge is 0.0619 e. The van der Waals surface area contributed by atoms with Gasteiger partial charge in [0.05, 0.1) is 12.7 Å². The molecule has 0 N–H and O–H groups in total. The molecule has 0 spiro atoms. The number of alkyl halides is 1. The van der Waals surface area contributed by atoms with Crippen molar-refractivity contribution in [1.29, 1.82) is 0 Å². The summed E-state index contributed by atoms with van der Waals surface area (Å²) in [5.74, 6) is 0.618. The molecule has 0 aliphatic carbocycles. The lowest BCUT2D eigenvalue weighted by molar-refractivity contribution is -0.0391. The Bertz CT molecular complexity index is 113. The lowest BCUT2D eigenvalue weighted by atomic mass is 10.1. The summed E-state index contributed by atoms with van der Waals surface area (Å²) < 4.78 is 11.0. The molecule has 0 aromatic rings. The van der Waals surface area contributed by atoms with Crippen LogP contribution in [0.5, 0.6) is 0 Å². The monoisotopic (exact) mass is 236 g/mol. The summed E-state index contributed by atoms with van der Waals surface area (Å²) in [6.45, 7) is 4.80. The lowest BCUT2D eigenvalue weighted by Gasteiger charge is -2.23. The summed E-state index contributed by atoms with van der Waals surface area (Å²) in [5.41, 5.74) is 0. The van der Waals surface area contributed by atoms with E-state index in [9.17, 15) is 0 Å². The summed E-state index contributed by atoms with van der Waals surface area (Å²) in [4.78, 5) is 0. The molecule has 1 unspecified atom stereocenters. The first-order valence-corrected chi connectivity index (χ1v) is 5.70. The van der Waals surface area contributed by atoms with Gasteiger partial charge in [-0.05, 0) is 18.8 Å². The van der Waals surface area contributed by atoms with E-state index in [1.807, 2.05) is 0 Å². The van der Waals surface area contributed by atoms with Gasteiger partial charge in [-0.3, -0.25) is 0 Å². The standard InChI is InChI=1S/C9H17BrO2/c1-8(6-10)7-12-9-2-4-11-5-3-9/h8-9H,2-7H2,1H3. The minimum atomic E-state index is 0.445. The first kappa shape index (κ1) is 10.5. The number of halogens is 1. The van der Waals surface area contributed by atoms with Crippen molar-refractivity contribution < 1.29 is 9.47 Å². The van der Waals surface area contributed by atoms with Crippen LogP contribution in [0.1, 0.15) is 19.8 Å². The number of hydrogen-bond donors (Lipinski definition) is 0. The molecule has 1 fully saturated rings. The average Bonchev–Trinajstić information content (AvgIpc) is 2.16. The zero-order chi connectivity index (χ0) is 8.81. The van der Waals surface area contributed by atoms with Crippen LogP contribution in [-0.2, 0) is 9.47 Å². The normalized spacial score (nSPS) is 22.5. The topological polar surface area (TPSA) is 18.5 Å². The highest BCUT2D eigenvalue weighted by Gasteiger charge is 2.14. The van der Waals surface area contributed by atoms with Crippen LogP contribution in [-0.4, -0.2) is 31.3 Å². The molecule has 3 heteroatoms. The third kappa shape index (κ3) is 3.87. The summed E-state index contributed by atoms with van der Waals surface area (Å²) in [6, 6.07) is 0. The Kier molecular flexibility index (Phi) is 5.19. The van der Waals surface area contributed by atoms with E-state index in [0.29, 0.717) is 12.0 Å². The second kappa shape index (κ2) is 5.95. The van der Waals surface area contributed by atoms with E-state index < -0.39 is 0 Å². The van der Waals surface area contributed by atoms with Gasteiger partial charge < -0.3 is 9.47 Å². The maximum absolute atomic E-state index is 5.73. The third-order valence-corrected chi connectivity index (χ3v) is 3.15. The Morgan fingerprint density at radius 2 is 2.17 bits per heavy atom. The molecule has 1 rings (SSSR count). The molecule has 0 radical (unpaired) electrons. The largest absolute Gasteiger partial charge is 0.381 e. The lowest BCUT2D eigenvalue weighted by Crippen LogP contribution is -2.25. The predicted molar refractivity (Wildman–Crippen MR) is 52.8 cm³/mol. The highest BCUT2D eigenvalue weighted by atomic mass is 79.9. The van der Waals surface area contributed by atoms with Gasteiger partial charge in [-0.15, -0.1) is 0 Å². The van der Waals surface area contributed by atoms with E-state index in [1.54, 1.807) is 0 Å². The molecule has 0 bridgehead atoms. The molecule has 72 valence electrons. The van der Waals surface area contributed by atoms with Crippen molar-refractivity contribution in [2.24, 2.45) is 5.92 Å². The van der Waals surface area contributed by atoms with E-state index in [4.69, 9.17) is 9.47 Å². The van der Waals surface area contributed by atoms with Crippen molar-refractivity contribution in [3.63, 3.8) is 0 Å². The Labute approximate surface area is 82.7 Å². The average molecular weight is 237 g/mol. The van der Waals surface area contributed by atoms with Gasteiger partial charge in [0.15, 0.2) is 0 Å². The molecule has 1 atom stereocenters. The zero-order valence-electron chi connectivity index (χ0n) is 7.59. The van der Waals surface area contributed by atoms with E-state index in [0.717, 1.165) is 38.0 Å². The number of hydrogen-bond acceptors (Lipinski definition) is 2. The van der Waals surface area contributed by atoms with Gasteiger partial charge in [0, 0.05) is 18.5 Å². The van der Waals surface area contributed by atoms with Gasteiger partial charge in [0.25, 0.3) is 0 Å². The Morgan fingerprint density at radius 1 is 1.50 bits per heavy atom. The van der Waals surface area contributed by atoms with E-state index in [2.05, 4.69) is 22.9 Å². The van der Waals surface area contributed by atoms with Crippen LogP contribution in [0.15, 0.2) is 0 Å². The van der Waals surface area contributed by atoms with Crippen LogP contribution in [0.25, 0.3) is 0 Å². The first-order valence-electron chi connectivity index (χ1n) is 4.58. The van der Waals surface area contributed by atoms with Crippen molar-refractivity contribution in [3.8, 4) is 0 Å². The molecule has 0 saturated carbocycles. The van der Waals surface area contributed by atoms with Crippen LogP contribution >= 0.6 is 15.9 Å². The molecular weight excluding hydrogens is 220 g/mol. The molecule has 1 saturated heterocycles. The van der Waals surface area contributed by atoms with Crippen LogP contribution in [0.4, 0.5) is 0 Å². The molecule has 0 aromatic carbocycles. The van der Waals surface area contributed by atoms with Gasteiger partial charge in [-0.1, -0.05) is 22.9 Å². The molecule has 1 aliphatic heterocycles. The molecule has 1 heterocycles. The van der Waals surface area contributed by atoms with Crippen LogP contribution in [0, 0.1) is 5.92 Å². The molecular formula is C9H17BrO2. The van der Waals surface area contributed by atoms with Gasteiger partial charge >= 0.3 is 0 Å². The zero-order valence-corrected chi connectivity index (χ0v) is 9.18. The van der Waals surface area contributed by atoms with E-state index in [1.165, 1.54) is 0 Å². The molecule has 2 nitrogen and oxygen atoms in total. The quantitative estimate of drug-likeness (QED) is 0.698. The summed E-state index contributed by atoms with van der Waals surface area (Å²) in [5, 5.41) is 1.02. The Hall–Kier alpha value is 0.400. The predicted octanol–water partition coefficient (Wildman–Crippen LogP) is 2.21. The molecule has 1 aliphatic rings. The number of rotatable bonds is 4. The summed E-state index contributed by atoms with van der Waals surface area (Å²) in [7, 11) is 0. The fourth-order valence-corrected chi connectivity index (χ4v) is 1.37. The van der Waals surface area contributed by atoms with Crippen molar-refractivity contribution in [2.45, 2.75) is 25.9 Å². The second-order valence-electron chi connectivity index (χ2n) is 3.40. The highest BCUT2D eigenvalue weighted by molar-refractivity contribution is 9.09. The minimum Gasteiger partial charge on any atom is -0.381 e. The third-order valence-electron chi connectivity index (χ3n) is 2.05. The van der Waals surface area contributed by atoms with Crippen LogP contribution in [0.3, 0.4) is 0 Å². The van der Waals surface area contributed by atoms with E-state index in [-0.39, 0.29) is 0 Å². The molecule has 12 heavy (non-hydrogen) atoms. The van der Waals surface area contributed by atoms with Crippen molar-refractivity contribution >= 4 is 15.9 Å². The van der Waals surface area contributed by atoms with Crippen molar-refractivity contribution in [3.05, 3.63) is 0 Å². The van der Waals surface area contributed by atoms with Crippen LogP contribution in [0.2, 0.25) is 0 Å². The first-order chi connectivity index (χ1) is 5.83. The minimum absolute atomic E-state index is 0.445. The van der Waals surface area contributed by atoms with Gasteiger partial charge in [-0.2, -0.15) is 0 Å². The second-order valence-corrected chi connectivity index (χ2v) is 4.05. The molecule has 0 aromatic heterocycles. The Morgan fingerprint density at radius 3 is 2.75 bits per heavy atom. The van der Waals surface area contributed by atoms with E-state index >= 15 is 0 Å². The summed E-state index contributed by atoms with van der Waals surface area (Å²) >= 11 is 3.44. The maximum atomic E-state index is 5.73. The molecule has 0 amide bonds. The fraction of sp³-hybridized carbons (Fsp3) is 1.00. The fourth-order valence-electron chi connectivity index (χ4n) is 1.19. The highest BCUT2D eigenvalue weighted by Crippen LogP contribution is 2.12.